The lowest BCUT2D eigenvalue weighted by atomic mass is 10.1. The zero-order valence-corrected chi connectivity index (χ0v) is 10.9. The minimum absolute atomic E-state index is 0.0280. The topological polar surface area (TPSA) is 88.2 Å². The Bertz CT molecular complexity index is 512. The molecule has 0 aliphatic carbocycles. The SMILES string of the molecule is C[C@H](N)CN=CC=C(N)c1ccc(C#N)c(Cl)c1. The molecule has 1 atom stereocenters. The predicted octanol–water partition coefficient (Wildman–Crippen LogP) is 1.93. The highest BCUT2D eigenvalue weighted by Gasteiger charge is 2.02. The van der Waals surface area contributed by atoms with Crippen LogP contribution < -0.4 is 11.5 Å². The van der Waals surface area contributed by atoms with Crippen molar-refractivity contribution >= 4 is 23.5 Å². The number of aliphatic imine (C=N–C) groups is 1. The molecule has 0 aliphatic heterocycles. The van der Waals surface area contributed by atoms with E-state index in [1.165, 1.54) is 0 Å². The summed E-state index contributed by atoms with van der Waals surface area (Å²) in [6, 6.07) is 7.06. The highest BCUT2D eigenvalue weighted by molar-refractivity contribution is 6.31. The Hall–Kier alpha value is -1.83. The number of nitrogens with zero attached hydrogens (tertiary/aromatic N) is 2. The van der Waals surface area contributed by atoms with Crippen molar-refractivity contribution in [2.45, 2.75) is 13.0 Å². The average Bonchev–Trinajstić information content (AvgIpc) is 2.34. The van der Waals surface area contributed by atoms with E-state index in [9.17, 15) is 0 Å². The molecule has 1 rings (SSSR count). The summed E-state index contributed by atoms with van der Waals surface area (Å²) in [6.45, 7) is 2.43. The van der Waals surface area contributed by atoms with Crippen LogP contribution in [0.4, 0.5) is 0 Å². The molecular weight excluding hydrogens is 248 g/mol. The van der Waals surface area contributed by atoms with E-state index in [4.69, 9.17) is 28.3 Å². The fourth-order valence-electron chi connectivity index (χ4n) is 1.24. The van der Waals surface area contributed by atoms with Gasteiger partial charge in [-0.15, -0.1) is 0 Å². The lowest BCUT2D eigenvalue weighted by Gasteiger charge is -2.02. The highest BCUT2D eigenvalue weighted by atomic mass is 35.5. The second kappa shape index (κ2) is 6.80. The van der Waals surface area contributed by atoms with Crippen LogP contribution in [0.5, 0.6) is 0 Å². The van der Waals surface area contributed by atoms with Crippen molar-refractivity contribution in [2.24, 2.45) is 16.5 Å². The first-order valence-electron chi connectivity index (χ1n) is 5.45. The smallest absolute Gasteiger partial charge is 0.101 e. The summed E-state index contributed by atoms with van der Waals surface area (Å²) in [7, 11) is 0. The molecule has 0 aliphatic rings. The maximum absolute atomic E-state index is 8.76. The minimum atomic E-state index is 0.0280. The van der Waals surface area contributed by atoms with Crippen molar-refractivity contribution < 1.29 is 0 Å². The lowest BCUT2D eigenvalue weighted by molar-refractivity contribution is 0.756. The zero-order valence-electron chi connectivity index (χ0n) is 10.1. The van der Waals surface area contributed by atoms with E-state index in [0.717, 1.165) is 5.56 Å². The summed E-state index contributed by atoms with van der Waals surface area (Å²) in [5, 5.41) is 9.15. The Morgan fingerprint density at radius 3 is 2.89 bits per heavy atom. The first-order chi connectivity index (χ1) is 8.54. The minimum Gasteiger partial charge on any atom is -0.398 e. The highest BCUT2D eigenvalue weighted by Crippen LogP contribution is 2.19. The Labute approximate surface area is 112 Å². The number of nitrogens with two attached hydrogens (primary N) is 2. The lowest BCUT2D eigenvalue weighted by Crippen LogP contribution is -2.18. The standard InChI is InChI=1S/C13H15ClN4/c1-9(16)8-18-5-4-13(17)10-2-3-11(7-15)12(14)6-10/h2-6,9H,8,16-17H2,1H3/t9-/m0/s1. The van der Waals surface area contributed by atoms with E-state index in [2.05, 4.69) is 4.99 Å². The van der Waals surface area contributed by atoms with Crippen LogP contribution in [0.2, 0.25) is 5.02 Å². The van der Waals surface area contributed by atoms with Gasteiger partial charge in [0.05, 0.1) is 17.1 Å². The van der Waals surface area contributed by atoms with E-state index in [1.807, 2.05) is 13.0 Å². The number of allylic oxidation sites excluding steroid dienone is 1. The van der Waals surface area contributed by atoms with E-state index < -0.39 is 0 Å². The number of hydrogen-bond acceptors (Lipinski definition) is 4. The fourth-order valence-corrected chi connectivity index (χ4v) is 1.46. The van der Waals surface area contributed by atoms with Crippen molar-refractivity contribution in [3.63, 3.8) is 0 Å². The van der Waals surface area contributed by atoms with E-state index in [-0.39, 0.29) is 6.04 Å². The van der Waals surface area contributed by atoms with Gasteiger partial charge >= 0.3 is 0 Å². The quantitative estimate of drug-likeness (QED) is 0.813. The molecule has 4 nitrogen and oxygen atoms in total. The van der Waals surface area contributed by atoms with Gasteiger partial charge in [-0.2, -0.15) is 5.26 Å². The second-order valence-corrected chi connectivity index (χ2v) is 4.33. The van der Waals surface area contributed by atoms with Crippen LogP contribution in [-0.2, 0) is 0 Å². The van der Waals surface area contributed by atoms with Gasteiger partial charge in [-0.25, -0.2) is 0 Å². The van der Waals surface area contributed by atoms with Crippen LogP contribution in [0.15, 0.2) is 29.3 Å². The van der Waals surface area contributed by atoms with Crippen LogP contribution in [0.1, 0.15) is 18.1 Å². The van der Waals surface area contributed by atoms with E-state index in [0.29, 0.717) is 22.8 Å². The Kier molecular flexibility index (Phi) is 5.37. The molecule has 0 saturated carbocycles. The van der Waals surface area contributed by atoms with Crippen LogP contribution in [0.25, 0.3) is 5.70 Å². The number of rotatable bonds is 4. The molecule has 0 aromatic heterocycles. The summed E-state index contributed by atoms with van der Waals surface area (Å²) < 4.78 is 0. The summed E-state index contributed by atoms with van der Waals surface area (Å²) in [5.74, 6) is 0. The number of hydrogen-bond donors (Lipinski definition) is 2. The van der Waals surface area contributed by atoms with Gasteiger partial charge in [0.15, 0.2) is 0 Å². The third-order valence-corrected chi connectivity index (χ3v) is 2.49. The normalized spacial score (nSPS) is 13.6. The van der Waals surface area contributed by atoms with E-state index >= 15 is 0 Å². The third-order valence-electron chi connectivity index (χ3n) is 2.18. The molecule has 0 radical (unpaired) electrons. The summed E-state index contributed by atoms with van der Waals surface area (Å²) in [5.41, 5.74) is 13.1. The van der Waals surface area contributed by atoms with Gasteiger partial charge in [0.25, 0.3) is 0 Å². The first kappa shape index (κ1) is 14.2. The maximum atomic E-state index is 8.76. The van der Waals surface area contributed by atoms with Gasteiger partial charge < -0.3 is 11.5 Å². The average molecular weight is 263 g/mol. The van der Waals surface area contributed by atoms with Crippen LogP contribution in [0, 0.1) is 11.3 Å². The largest absolute Gasteiger partial charge is 0.398 e. The molecule has 1 aromatic carbocycles. The van der Waals surface area contributed by atoms with Gasteiger partial charge in [-0.3, -0.25) is 4.99 Å². The van der Waals surface area contributed by atoms with Gasteiger partial charge in [0, 0.05) is 18.0 Å². The van der Waals surface area contributed by atoms with Gasteiger partial charge in [-0.1, -0.05) is 17.7 Å². The number of benzene rings is 1. The monoisotopic (exact) mass is 262 g/mol. The number of nitriles is 1. The van der Waals surface area contributed by atoms with Gasteiger partial charge in [0.2, 0.25) is 0 Å². The van der Waals surface area contributed by atoms with E-state index in [1.54, 1.807) is 30.5 Å². The molecule has 94 valence electrons. The van der Waals surface area contributed by atoms with Crippen molar-refractivity contribution in [3.8, 4) is 6.07 Å². The first-order valence-corrected chi connectivity index (χ1v) is 5.83. The molecule has 0 amide bonds. The molecule has 4 N–H and O–H groups in total. The predicted molar refractivity (Wildman–Crippen MR) is 75.3 cm³/mol. The molecule has 0 heterocycles. The fraction of sp³-hybridized carbons (Fsp3) is 0.231. The number of halogens is 1. The Balaban J connectivity index is 2.81. The Morgan fingerprint density at radius 1 is 1.61 bits per heavy atom. The summed E-state index contributed by atoms with van der Waals surface area (Å²) in [6.07, 6.45) is 3.30. The molecule has 0 saturated heterocycles. The second-order valence-electron chi connectivity index (χ2n) is 3.92. The van der Waals surface area contributed by atoms with Crippen molar-refractivity contribution in [1.29, 1.82) is 5.26 Å². The molecule has 0 unspecified atom stereocenters. The third kappa shape index (κ3) is 4.21. The molecule has 18 heavy (non-hydrogen) atoms. The molecule has 0 spiro atoms. The molecular formula is C13H15ClN4. The van der Waals surface area contributed by atoms with Crippen LogP contribution in [-0.4, -0.2) is 18.8 Å². The van der Waals surface area contributed by atoms with Gasteiger partial charge in [-0.05, 0) is 30.7 Å². The molecule has 0 bridgehead atoms. The van der Waals surface area contributed by atoms with Crippen molar-refractivity contribution in [3.05, 3.63) is 40.4 Å². The zero-order chi connectivity index (χ0) is 13.5. The maximum Gasteiger partial charge on any atom is 0.101 e. The molecule has 0 fully saturated rings. The summed E-state index contributed by atoms with van der Waals surface area (Å²) >= 11 is 5.92. The van der Waals surface area contributed by atoms with Crippen molar-refractivity contribution in [2.75, 3.05) is 6.54 Å². The van der Waals surface area contributed by atoms with Crippen molar-refractivity contribution in [1.82, 2.24) is 0 Å². The molecule has 1 aromatic rings. The van der Waals surface area contributed by atoms with Crippen LogP contribution >= 0.6 is 11.6 Å². The van der Waals surface area contributed by atoms with Crippen LogP contribution in [0.3, 0.4) is 0 Å². The van der Waals surface area contributed by atoms with Gasteiger partial charge in [0.1, 0.15) is 6.07 Å². The molecule has 5 heteroatoms. The Morgan fingerprint density at radius 2 is 2.33 bits per heavy atom. The summed E-state index contributed by atoms with van der Waals surface area (Å²) in [4.78, 5) is 4.10.